The van der Waals surface area contributed by atoms with Gasteiger partial charge in [0.1, 0.15) is 5.82 Å². The maximum Gasteiger partial charge on any atom is 0.213 e. The zero-order chi connectivity index (χ0) is 19.0. The van der Waals surface area contributed by atoms with E-state index >= 15 is 0 Å². The van der Waals surface area contributed by atoms with E-state index in [1.165, 1.54) is 12.5 Å². The SMILES string of the molecule is CCNC(=NCc1ccc(C)c(F)c1)NCCS(=O)(=O)NCC1CCC1. The molecule has 0 spiro atoms. The van der Waals surface area contributed by atoms with Gasteiger partial charge in [0.25, 0.3) is 0 Å². The van der Waals surface area contributed by atoms with Crippen LogP contribution in [0.25, 0.3) is 0 Å². The van der Waals surface area contributed by atoms with E-state index in [2.05, 4.69) is 20.3 Å². The van der Waals surface area contributed by atoms with Crippen molar-refractivity contribution < 1.29 is 12.8 Å². The molecule has 8 heteroatoms. The third-order valence-electron chi connectivity index (χ3n) is 4.48. The molecule has 3 N–H and O–H groups in total. The molecule has 1 aliphatic rings. The van der Waals surface area contributed by atoms with Crippen LogP contribution >= 0.6 is 0 Å². The molecule has 0 unspecified atom stereocenters. The number of nitrogens with one attached hydrogen (secondary N) is 3. The van der Waals surface area contributed by atoms with Gasteiger partial charge in [0.15, 0.2) is 5.96 Å². The molecule has 0 aromatic heterocycles. The van der Waals surface area contributed by atoms with E-state index in [1.807, 2.05) is 13.0 Å². The lowest BCUT2D eigenvalue weighted by molar-refractivity contribution is 0.316. The standard InChI is InChI=1S/C18H29FN4O2S/c1-3-20-18(22-12-16-8-7-14(2)17(19)11-16)21-9-10-26(24,25)23-13-15-5-4-6-15/h7-8,11,15,23H,3-6,9-10,12-13H2,1-2H3,(H2,20,21,22). The number of hydrogen-bond acceptors (Lipinski definition) is 3. The highest BCUT2D eigenvalue weighted by molar-refractivity contribution is 7.89. The van der Waals surface area contributed by atoms with E-state index in [-0.39, 0.29) is 18.1 Å². The van der Waals surface area contributed by atoms with E-state index < -0.39 is 10.0 Å². The van der Waals surface area contributed by atoms with Crippen LogP contribution < -0.4 is 15.4 Å². The van der Waals surface area contributed by atoms with Crippen LogP contribution in [-0.4, -0.2) is 39.8 Å². The Labute approximate surface area is 155 Å². The number of halogens is 1. The first-order chi connectivity index (χ1) is 12.4. The van der Waals surface area contributed by atoms with Crippen LogP contribution in [-0.2, 0) is 16.6 Å². The fourth-order valence-corrected chi connectivity index (χ4v) is 3.57. The highest BCUT2D eigenvalue weighted by Gasteiger charge is 2.20. The number of nitrogens with zero attached hydrogens (tertiary/aromatic N) is 1. The summed E-state index contributed by atoms with van der Waals surface area (Å²) in [6, 6.07) is 5.03. The first kappa shape index (κ1) is 20.6. The van der Waals surface area contributed by atoms with Gasteiger partial charge in [0.2, 0.25) is 10.0 Å². The summed E-state index contributed by atoms with van der Waals surface area (Å²) in [5, 5.41) is 6.08. The van der Waals surface area contributed by atoms with Gasteiger partial charge in [-0.25, -0.2) is 22.5 Å². The Morgan fingerprint density at radius 1 is 1.31 bits per heavy atom. The third-order valence-corrected chi connectivity index (χ3v) is 5.83. The van der Waals surface area contributed by atoms with Crippen molar-refractivity contribution >= 4 is 16.0 Å². The summed E-state index contributed by atoms with van der Waals surface area (Å²) < 4.78 is 40.3. The summed E-state index contributed by atoms with van der Waals surface area (Å²) in [5.41, 5.74) is 1.36. The van der Waals surface area contributed by atoms with Gasteiger partial charge in [0.05, 0.1) is 12.3 Å². The highest BCUT2D eigenvalue weighted by atomic mass is 32.2. The second-order valence-corrected chi connectivity index (χ2v) is 8.60. The summed E-state index contributed by atoms with van der Waals surface area (Å²) in [6.07, 6.45) is 3.41. The molecule has 6 nitrogen and oxygen atoms in total. The number of sulfonamides is 1. The summed E-state index contributed by atoms with van der Waals surface area (Å²) in [6.45, 7) is 5.41. The Balaban J connectivity index is 1.81. The average Bonchev–Trinajstić information content (AvgIpc) is 2.54. The quantitative estimate of drug-likeness (QED) is 0.449. The summed E-state index contributed by atoms with van der Waals surface area (Å²) >= 11 is 0. The van der Waals surface area contributed by atoms with Crippen molar-refractivity contribution in [1.29, 1.82) is 0 Å². The number of aliphatic imine (C=N–C) groups is 1. The van der Waals surface area contributed by atoms with Gasteiger partial charge in [-0.15, -0.1) is 0 Å². The minimum atomic E-state index is -3.29. The predicted molar refractivity (Wildman–Crippen MR) is 103 cm³/mol. The molecule has 26 heavy (non-hydrogen) atoms. The van der Waals surface area contributed by atoms with Crippen molar-refractivity contribution in [1.82, 2.24) is 15.4 Å². The van der Waals surface area contributed by atoms with E-state index in [0.29, 0.717) is 37.1 Å². The molecule has 1 aliphatic carbocycles. The molecule has 1 saturated carbocycles. The smallest absolute Gasteiger partial charge is 0.213 e. The topological polar surface area (TPSA) is 82.6 Å². The number of hydrogen-bond donors (Lipinski definition) is 3. The molecular formula is C18H29FN4O2S. The Bertz CT molecular complexity index is 718. The summed E-state index contributed by atoms with van der Waals surface area (Å²) in [7, 11) is -3.29. The number of guanidine groups is 1. The minimum absolute atomic E-state index is 0.0106. The van der Waals surface area contributed by atoms with Gasteiger partial charge in [-0.2, -0.15) is 0 Å². The van der Waals surface area contributed by atoms with Crippen molar-refractivity contribution in [3.63, 3.8) is 0 Å². The van der Waals surface area contributed by atoms with Gasteiger partial charge in [-0.3, -0.25) is 0 Å². The Morgan fingerprint density at radius 2 is 2.08 bits per heavy atom. The molecule has 0 heterocycles. The maximum atomic E-state index is 13.6. The van der Waals surface area contributed by atoms with Gasteiger partial charge in [0, 0.05) is 19.6 Å². The van der Waals surface area contributed by atoms with Crippen LogP contribution in [0.15, 0.2) is 23.2 Å². The van der Waals surface area contributed by atoms with Gasteiger partial charge < -0.3 is 10.6 Å². The molecule has 1 aromatic carbocycles. The van der Waals surface area contributed by atoms with Crippen LogP contribution in [0.2, 0.25) is 0 Å². The summed E-state index contributed by atoms with van der Waals surface area (Å²) in [4.78, 5) is 4.38. The van der Waals surface area contributed by atoms with E-state index in [4.69, 9.17) is 0 Å². The van der Waals surface area contributed by atoms with Crippen LogP contribution in [0.5, 0.6) is 0 Å². The van der Waals surface area contributed by atoms with Crippen LogP contribution in [0.1, 0.15) is 37.3 Å². The summed E-state index contributed by atoms with van der Waals surface area (Å²) in [5.74, 6) is 0.747. The zero-order valence-electron chi connectivity index (χ0n) is 15.5. The second-order valence-electron chi connectivity index (χ2n) is 6.67. The van der Waals surface area contributed by atoms with Crippen molar-refractivity contribution in [2.24, 2.45) is 10.9 Å². The van der Waals surface area contributed by atoms with Gasteiger partial charge in [-0.1, -0.05) is 18.6 Å². The lowest BCUT2D eigenvalue weighted by atomic mass is 9.86. The number of aryl methyl sites for hydroxylation is 1. The fourth-order valence-electron chi connectivity index (χ4n) is 2.56. The molecule has 0 bridgehead atoms. The second kappa shape index (κ2) is 9.87. The first-order valence-electron chi connectivity index (χ1n) is 9.14. The van der Waals surface area contributed by atoms with Crippen molar-refractivity contribution in [2.45, 2.75) is 39.7 Å². The molecule has 2 rings (SSSR count). The largest absolute Gasteiger partial charge is 0.357 e. The predicted octanol–water partition coefficient (Wildman–Crippen LogP) is 1.91. The number of benzene rings is 1. The van der Waals surface area contributed by atoms with Crippen molar-refractivity contribution in [3.05, 3.63) is 35.1 Å². The fraction of sp³-hybridized carbons (Fsp3) is 0.611. The lowest BCUT2D eigenvalue weighted by Crippen LogP contribution is -2.42. The lowest BCUT2D eigenvalue weighted by Gasteiger charge is -2.25. The average molecular weight is 385 g/mol. The molecular weight excluding hydrogens is 355 g/mol. The van der Waals surface area contributed by atoms with Crippen molar-refractivity contribution in [3.8, 4) is 0 Å². The molecule has 0 aliphatic heterocycles. The van der Waals surface area contributed by atoms with Gasteiger partial charge >= 0.3 is 0 Å². The van der Waals surface area contributed by atoms with Crippen LogP contribution in [0.3, 0.4) is 0 Å². The molecule has 1 aromatic rings. The van der Waals surface area contributed by atoms with E-state index in [9.17, 15) is 12.8 Å². The normalized spacial score (nSPS) is 15.6. The molecule has 0 atom stereocenters. The highest BCUT2D eigenvalue weighted by Crippen LogP contribution is 2.25. The minimum Gasteiger partial charge on any atom is -0.357 e. The van der Waals surface area contributed by atoms with Crippen LogP contribution in [0, 0.1) is 18.7 Å². The van der Waals surface area contributed by atoms with Gasteiger partial charge in [-0.05, 0) is 49.8 Å². The zero-order valence-corrected chi connectivity index (χ0v) is 16.3. The molecule has 0 amide bonds. The number of rotatable bonds is 9. The molecule has 146 valence electrons. The Kier molecular flexibility index (Phi) is 7.84. The first-order valence-corrected chi connectivity index (χ1v) is 10.8. The molecule has 0 radical (unpaired) electrons. The monoisotopic (exact) mass is 384 g/mol. The Hall–Kier alpha value is -1.67. The molecule has 0 saturated heterocycles. The van der Waals surface area contributed by atoms with E-state index in [0.717, 1.165) is 18.4 Å². The maximum absolute atomic E-state index is 13.6. The van der Waals surface area contributed by atoms with E-state index in [1.54, 1.807) is 13.0 Å². The van der Waals surface area contributed by atoms with Crippen LogP contribution in [0.4, 0.5) is 4.39 Å². The molecule has 1 fully saturated rings. The Morgan fingerprint density at radius 3 is 2.69 bits per heavy atom. The van der Waals surface area contributed by atoms with Crippen molar-refractivity contribution in [2.75, 3.05) is 25.4 Å². The third kappa shape index (κ3) is 6.92.